The number of nitrogens with two attached hydrogens (primary N) is 1. The molecule has 0 amide bonds. The number of nitrogen functional groups attached to an aromatic ring is 1. The number of hydrogen-bond acceptors (Lipinski definition) is 5. The third-order valence-corrected chi connectivity index (χ3v) is 3.75. The van der Waals surface area contributed by atoms with E-state index in [-0.39, 0.29) is 10.8 Å². The van der Waals surface area contributed by atoms with Crippen molar-refractivity contribution >= 4 is 13.9 Å². The molecule has 22 heavy (non-hydrogen) atoms. The number of phenolic OH excluding ortho intramolecular Hbond substituents is 1. The number of rotatable bonds is 2. The molecule has 1 aromatic rings. The summed E-state index contributed by atoms with van der Waals surface area (Å²) in [6, 6.07) is 3.73. The maximum absolute atomic E-state index is 10.3. The maximum atomic E-state index is 10.3. The van der Waals surface area contributed by atoms with Crippen molar-refractivity contribution in [3.8, 4) is 5.75 Å². The molecular formula is C16H30NO4P. The van der Waals surface area contributed by atoms with E-state index in [4.69, 9.17) is 5.73 Å². The number of phenols is 1. The average Bonchev–Trinajstić information content (AvgIpc) is 2.38. The van der Waals surface area contributed by atoms with E-state index in [2.05, 4.69) is 50.6 Å². The molecule has 5 nitrogen and oxygen atoms in total. The predicted molar refractivity (Wildman–Crippen MR) is 92.9 cm³/mol. The lowest BCUT2D eigenvalue weighted by Gasteiger charge is -2.27. The largest absolute Gasteiger partial charge is 0.507 e. The lowest BCUT2D eigenvalue weighted by Crippen LogP contribution is -2.17. The van der Waals surface area contributed by atoms with Crippen molar-refractivity contribution in [2.45, 2.75) is 52.4 Å². The Hall–Kier alpha value is -1.03. The molecule has 0 bridgehead atoms. The van der Waals surface area contributed by atoms with Gasteiger partial charge in [-0.2, -0.15) is 0 Å². The van der Waals surface area contributed by atoms with Crippen LogP contribution >= 0.6 is 8.25 Å². The van der Waals surface area contributed by atoms with Crippen molar-refractivity contribution in [3.63, 3.8) is 0 Å². The lowest BCUT2D eigenvalue weighted by molar-refractivity contribution is 0.302. The molecule has 0 atom stereocenters. The van der Waals surface area contributed by atoms with Crippen molar-refractivity contribution in [2.24, 2.45) is 0 Å². The Morgan fingerprint density at radius 3 is 1.45 bits per heavy atom. The minimum absolute atomic E-state index is 0.0978. The summed E-state index contributed by atoms with van der Waals surface area (Å²) in [5.74, 6) is 0.384. The second-order valence-corrected chi connectivity index (χ2v) is 8.44. The molecule has 128 valence electrons. The van der Waals surface area contributed by atoms with E-state index < -0.39 is 8.25 Å². The highest BCUT2D eigenvalue weighted by atomic mass is 31.1. The molecule has 0 spiro atoms. The first-order valence-corrected chi connectivity index (χ1v) is 8.32. The Bertz CT molecular complexity index is 475. The quantitative estimate of drug-likeness (QED) is 0.481. The molecule has 3 N–H and O–H groups in total. The molecule has 0 heterocycles. The molecule has 0 saturated heterocycles. The van der Waals surface area contributed by atoms with Crippen LogP contribution in [0.2, 0.25) is 0 Å². The van der Waals surface area contributed by atoms with E-state index in [1.165, 1.54) is 14.2 Å². The second kappa shape index (κ2) is 8.00. The van der Waals surface area contributed by atoms with Crippen molar-refractivity contribution < 1.29 is 18.7 Å². The van der Waals surface area contributed by atoms with Crippen LogP contribution in [0.1, 0.15) is 52.7 Å². The number of hydrogen-bond donors (Lipinski definition) is 2. The minimum atomic E-state index is -2.12. The van der Waals surface area contributed by atoms with Gasteiger partial charge in [-0.05, 0) is 23.0 Å². The average molecular weight is 331 g/mol. The standard InChI is InChI=1S/C14H23NO.C2H7O3P/c1-13(2,3)10-7-9(15)8-11(12(10)16)14(4,5)6;1-4-6(3)5-2/h7-8,16H,15H2,1-6H3;6H,1-2H3. The normalized spacial score (nSPS) is 12.0. The van der Waals surface area contributed by atoms with Gasteiger partial charge in [-0.25, -0.2) is 0 Å². The molecule has 0 unspecified atom stereocenters. The Morgan fingerprint density at radius 1 is 0.955 bits per heavy atom. The van der Waals surface area contributed by atoms with E-state index in [0.29, 0.717) is 11.4 Å². The molecule has 0 saturated carbocycles. The maximum Gasteiger partial charge on any atom is 0.318 e. The van der Waals surface area contributed by atoms with Crippen LogP contribution in [0.15, 0.2) is 12.1 Å². The fraction of sp³-hybridized carbons (Fsp3) is 0.625. The third kappa shape index (κ3) is 6.39. The Balaban J connectivity index is 0.000000626. The Labute approximate surface area is 134 Å². The molecule has 0 aromatic heterocycles. The van der Waals surface area contributed by atoms with Gasteiger partial charge in [0.15, 0.2) is 0 Å². The van der Waals surface area contributed by atoms with Crippen LogP contribution in [0.4, 0.5) is 5.69 Å². The molecule has 0 aliphatic carbocycles. The summed E-state index contributed by atoms with van der Waals surface area (Å²) < 4.78 is 18.4. The van der Waals surface area contributed by atoms with Gasteiger partial charge >= 0.3 is 8.25 Å². The van der Waals surface area contributed by atoms with E-state index in [1.54, 1.807) is 0 Å². The first-order valence-electron chi connectivity index (χ1n) is 7.10. The Kier molecular flexibility index (Phi) is 7.63. The minimum Gasteiger partial charge on any atom is -0.507 e. The summed E-state index contributed by atoms with van der Waals surface area (Å²) in [6.45, 7) is 12.5. The summed E-state index contributed by atoms with van der Waals surface area (Å²) in [7, 11) is 0.558. The first kappa shape index (κ1) is 21.0. The number of aromatic hydroxyl groups is 1. The van der Waals surface area contributed by atoms with Gasteiger partial charge < -0.3 is 19.9 Å². The highest BCUT2D eigenvalue weighted by Gasteiger charge is 2.25. The van der Waals surface area contributed by atoms with Gasteiger partial charge in [-0.3, -0.25) is 4.57 Å². The van der Waals surface area contributed by atoms with Gasteiger partial charge in [0.05, 0.1) is 0 Å². The van der Waals surface area contributed by atoms with E-state index >= 15 is 0 Å². The fourth-order valence-electron chi connectivity index (χ4n) is 1.88. The monoisotopic (exact) mass is 331 g/mol. The van der Waals surface area contributed by atoms with Crippen molar-refractivity contribution in [1.29, 1.82) is 0 Å². The van der Waals surface area contributed by atoms with Crippen molar-refractivity contribution in [2.75, 3.05) is 20.0 Å². The highest BCUT2D eigenvalue weighted by molar-refractivity contribution is 7.33. The smallest absolute Gasteiger partial charge is 0.318 e. The van der Waals surface area contributed by atoms with Crippen LogP contribution in [0.5, 0.6) is 5.75 Å². The fourth-order valence-corrected chi connectivity index (χ4v) is 2.05. The molecule has 6 heteroatoms. The zero-order chi connectivity index (χ0) is 17.7. The van der Waals surface area contributed by atoms with E-state index in [9.17, 15) is 9.67 Å². The predicted octanol–water partition coefficient (Wildman–Crippen LogP) is 4.24. The molecule has 1 aromatic carbocycles. The van der Waals surface area contributed by atoms with Gasteiger partial charge in [-0.15, -0.1) is 0 Å². The summed E-state index contributed by atoms with van der Waals surface area (Å²) in [5.41, 5.74) is 8.26. The zero-order valence-corrected chi connectivity index (χ0v) is 15.9. The van der Waals surface area contributed by atoms with Crippen LogP contribution < -0.4 is 5.73 Å². The van der Waals surface area contributed by atoms with Crippen LogP contribution in [0, 0.1) is 0 Å². The molecule has 0 aliphatic rings. The highest BCUT2D eigenvalue weighted by Crippen LogP contribution is 2.40. The summed E-state index contributed by atoms with van der Waals surface area (Å²) >= 11 is 0. The first-order chi connectivity index (χ1) is 9.84. The topological polar surface area (TPSA) is 81.8 Å². The van der Waals surface area contributed by atoms with E-state index in [0.717, 1.165) is 11.1 Å². The van der Waals surface area contributed by atoms with Gasteiger partial charge in [0.2, 0.25) is 0 Å². The molecule has 0 fully saturated rings. The van der Waals surface area contributed by atoms with Crippen LogP contribution in [0.3, 0.4) is 0 Å². The summed E-state index contributed by atoms with van der Waals surface area (Å²) in [6.07, 6.45) is 0. The van der Waals surface area contributed by atoms with Crippen LogP contribution in [-0.4, -0.2) is 19.3 Å². The van der Waals surface area contributed by atoms with Crippen molar-refractivity contribution in [3.05, 3.63) is 23.3 Å². The molecule has 0 aliphatic heterocycles. The van der Waals surface area contributed by atoms with Gasteiger partial charge in [-0.1, -0.05) is 41.5 Å². The number of benzene rings is 1. The van der Waals surface area contributed by atoms with Crippen LogP contribution in [0.25, 0.3) is 0 Å². The third-order valence-electron chi connectivity index (χ3n) is 3.08. The molecule has 0 radical (unpaired) electrons. The SMILES string of the molecule is CC(C)(C)c1cc(N)cc(C(C)(C)C)c1O.CO[PH](=O)OC. The summed E-state index contributed by atoms with van der Waals surface area (Å²) in [5, 5.41) is 10.3. The zero-order valence-electron chi connectivity index (χ0n) is 14.9. The Morgan fingerprint density at radius 2 is 1.27 bits per heavy atom. The van der Waals surface area contributed by atoms with Crippen LogP contribution in [-0.2, 0) is 24.4 Å². The van der Waals surface area contributed by atoms with Gasteiger partial charge in [0.25, 0.3) is 0 Å². The number of anilines is 1. The van der Waals surface area contributed by atoms with E-state index in [1.807, 2.05) is 12.1 Å². The van der Waals surface area contributed by atoms with Gasteiger partial charge in [0.1, 0.15) is 5.75 Å². The summed E-state index contributed by atoms with van der Waals surface area (Å²) in [4.78, 5) is 0. The van der Waals surface area contributed by atoms with Gasteiger partial charge in [0, 0.05) is 31.0 Å². The lowest BCUT2D eigenvalue weighted by atomic mass is 9.79. The van der Waals surface area contributed by atoms with Crippen molar-refractivity contribution in [1.82, 2.24) is 0 Å². The molecule has 1 rings (SSSR count). The second-order valence-electron chi connectivity index (χ2n) is 7.12. The molecular weight excluding hydrogens is 301 g/mol.